The molecule has 0 aliphatic carbocycles. The average molecular weight is 462 g/mol. The molecule has 3 aromatic carbocycles. The number of thiophene rings is 1. The zero-order valence-electron chi connectivity index (χ0n) is 18.6. The van der Waals surface area contributed by atoms with Gasteiger partial charge in [-0.2, -0.15) is 0 Å². The molecule has 1 aliphatic rings. The molecule has 0 atom stereocenters. The summed E-state index contributed by atoms with van der Waals surface area (Å²) in [4.78, 5) is 3.34. The maximum atomic E-state index is 10.2. The number of benzene rings is 3. The summed E-state index contributed by atoms with van der Waals surface area (Å²) < 4.78 is 13.2. The van der Waals surface area contributed by atoms with E-state index >= 15 is 0 Å². The van der Waals surface area contributed by atoms with Crippen molar-refractivity contribution in [2.24, 2.45) is 0 Å². The van der Waals surface area contributed by atoms with Gasteiger partial charge in [0.05, 0.1) is 4.88 Å². The minimum absolute atomic E-state index is 0.213. The number of nitrogens with zero attached hydrogens (tertiary/aromatic N) is 1. The highest BCUT2D eigenvalue weighted by Crippen LogP contribution is 2.48. The molecule has 0 saturated carbocycles. The minimum atomic E-state index is 0.213. The van der Waals surface area contributed by atoms with Gasteiger partial charge >= 0.3 is 0 Å². The predicted molar refractivity (Wildman–Crippen MR) is 133 cm³/mol. The van der Waals surface area contributed by atoms with Crippen LogP contribution in [0.4, 0.5) is 0 Å². The molecule has 4 aromatic rings. The second kappa shape index (κ2) is 9.33. The van der Waals surface area contributed by atoms with Crippen molar-refractivity contribution in [2.75, 3.05) is 26.2 Å². The maximum Gasteiger partial charge on any atom is 0.153 e. The Morgan fingerprint density at radius 1 is 0.939 bits per heavy atom. The molecule has 1 aromatic heterocycles. The van der Waals surface area contributed by atoms with Crippen molar-refractivity contribution in [3.8, 4) is 39.2 Å². The largest absolute Gasteiger partial charge is 0.508 e. The summed E-state index contributed by atoms with van der Waals surface area (Å²) >= 11 is 1.53. The summed E-state index contributed by atoms with van der Waals surface area (Å²) in [6.45, 7) is 5.87. The number of phenols is 2. The number of aromatic hydroxyl groups is 2. The fraction of sp³-hybridized carbons (Fsp3) is 0.259. The predicted octanol–water partition coefficient (Wildman–Crippen LogP) is 6.55. The fourth-order valence-electron chi connectivity index (χ4n) is 4.23. The van der Waals surface area contributed by atoms with Crippen LogP contribution in [0.3, 0.4) is 0 Å². The molecular formula is C27H27NO4S. The van der Waals surface area contributed by atoms with Gasteiger partial charge in [-0.3, -0.25) is 4.90 Å². The third-order valence-corrected chi connectivity index (χ3v) is 7.26. The molecule has 1 saturated heterocycles. The van der Waals surface area contributed by atoms with Gasteiger partial charge in [-0.15, -0.1) is 11.3 Å². The minimum Gasteiger partial charge on any atom is -0.508 e. The molecule has 33 heavy (non-hydrogen) atoms. The van der Waals surface area contributed by atoms with Crippen LogP contribution < -0.4 is 9.47 Å². The molecule has 0 unspecified atom stereocenters. The van der Waals surface area contributed by atoms with Crippen molar-refractivity contribution in [2.45, 2.75) is 19.8 Å². The second-order valence-electron chi connectivity index (χ2n) is 8.36. The summed E-state index contributed by atoms with van der Waals surface area (Å²) in [5, 5.41) is 21.1. The fourth-order valence-corrected chi connectivity index (χ4v) is 5.48. The zero-order valence-corrected chi connectivity index (χ0v) is 19.4. The van der Waals surface area contributed by atoms with Crippen molar-refractivity contribution in [1.82, 2.24) is 4.90 Å². The summed E-state index contributed by atoms with van der Waals surface area (Å²) in [6.07, 6.45) is 2.57. The van der Waals surface area contributed by atoms with E-state index in [1.807, 2.05) is 49.4 Å². The smallest absolute Gasteiger partial charge is 0.153 e. The Labute approximate surface area is 197 Å². The number of hydrogen-bond donors (Lipinski definition) is 2. The van der Waals surface area contributed by atoms with Gasteiger partial charge in [0.15, 0.2) is 5.75 Å². The van der Waals surface area contributed by atoms with Crippen molar-refractivity contribution in [3.63, 3.8) is 0 Å². The third-order valence-electron chi connectivity index (χ3n) is 6.10. The number of rotatable bonds is 7. The lowest BCUT2D eigenvalue weighted by atomic mass is 10.0. The van der Waals surface area contributed by atoms with E-state index in [1.165, 1.54) is 37.3 Å². The van der Waals surface area contributed by atoms with Gasteiger partial charge in [-0.25, -0.2) is 0 Å². The van der Waals surface area contributed by atoms with Gasteiger partial charge in [0.25, 0.3) is 0 Å². The highest BCUT2D eigenvalue weighted by Gasteiger charge is 2.19. The molecule has 6 heteroatoms. The van der Waals surface area contributed by atoms with Crippen LogP contribution in [0.1, 0.15) is 18.4 Å². The summed E-state index contributed by atoms with van der Waals surface area (Å²) in [7, 11) is 0. The van der Waals surface area contributed by atoms with Crippen LogP contribution in [0.2, 0.25) is 0 Å². The van der Waals surface area contributed by atoms with Gasteiger partial charge in [0, 0.05) is 22.2 Å². The first-order valence-corrected chi connectivity index (χ1v) is 12.1. The van der Waals surface area contributed by atoms with E-state index < -0.39 is 0 Å². The molecule has 5 nitrogen and oxygen atoms in total. The SMILES string of the molecule is Cc1c(O)cccc1-c1sc2cc(O)ccc2c1Oc1ccc(OCCN2CCCC2)cc1. The lowest BCUT2D eigenvalue weighted by Crippen LogP contribution is -2.25. The lowest BCUT2D eigenvalue weighted by molar-refractivity contribution is 0.237. The quantitative estimate of drug-likeness (QED) is 0.327. The number of phenolic OH excluding ortho intramolecular Hbond substituents is 2. The van der Waals surface area contributed by atoms with E-state index in [9.17, 15) is 10.2 Å². The summed E-state index contributed by atoms with van der Waals surface area (Å²) in [5.41, 5.74) is 1.70. The van der Waals surface area contributed by atoms with Crippen LogP contribution in [0, 0.1) is 6.92 Å². The molecule has 2 heterocycles. The molecule has 0 bridgehead atoms. The topological polar surface area (TPSA) is 62.2 Å². The Balaban J connectivity index is 1.40. The zero-order chi connectivity index (χ0) is 22.8. The molecule has 2 N–H and O–H groups in total. The highest BCUT2D eigenvalue weighted by molar-refractivity contribution is 7.22. The second-order valence-corrected chi connectivity index (χ2v) is 9.41. The van der Waals surface area contributed by atoms with Crippen molar-refractivity contribution in [1.29, 1.82) is 0 Å². The molecule has 1 aliphatic heterocycles. The van der Waals surface area contributed by atoms with Crippen LogP contribution in [0.15, 0.2) is 60.7 Å². The van der Waals surface area contributed by atoms with E-state index in [4.69, 9.17) is 9.47 Å². The van der Waals surface area contributed by atoms with Crippen LogP contribution in [-0.2, 0) is 0 Å². The molecule has 0 spiro atoms. The van der Waals surface area contributed by atoms with E-state index in [-0.39, 0.29) is 11.5 Å². The Bertz CT molecular complexity index is 1260. The number of ether oxygens (including phenoxy) is 2. The highest BCUT2D eigenvalue weighted by atomic mass is 32.1. The van der Waals surface area contributed by atoms with Crippen LogP contribution in [0.5, 0.6) is 28.7 Å². The normalized spacial score (nSPS) is 14.1. The average Bonchev–Trinajstić information content (AvgIpc) is 3.45. The Morgan fingerprint density at radius 2 is 1.70 bits per heavy atom. The molecule has 170 valence electrons. The van der Waals surface area contributed by atoms with E-state index in [0.717, 1.165) is 38.4 Å². The number of likely N-dealkylation sites (tertiary alicyclic amines) is 1. The Morgan fingerprint density at radius 3 is 2.48 bits per heavy atom. The van der Waals surface area contributed by atoms with Gasteiger partial charge in [-0.05, 0) is 86.9 Å². The van der Waals surface area contributed by atoms with E-state index in [0.29, 0.717) is 18.1 Å². The number of hydrogen-bond acceptors (Lipinski definition) is 6. The summed E-state index contributed by atoms with van der Waals surface area (Å²) in [5.74, 6) is 2.70. The molecule has 0 amide bonds. The van der Waals surface area contributed by atoms with Gasteiger partial charge < -0.3 is 19.7 Å². The van der Waals surface area contributed by atoms with Gasteiger partial charge in [-0.1, -0.05) is 12.1 Å². The molecular weight excluding hydrogens is 434 g/mol. The first kappa shape index (κ1) is 21.6. The summed E-state index contributed by atoms with van der Waals surface area (Å²) in [6, 6.07) is 18.4. The first-order chi connectivity index (χ1) is 16.1. The molecule has 0 radical (unpaired) electrons. The third kappa shape index (κ3) is 4.63. The maximum absolute atomic E-state index is 10.2. The Kier molecular flexibility index (Phi) is 6.11. The molecule has 5 rings (SSSR count). The van der Waals surface area contributed by atoms with Crippen molar-refractivity contribution in [3.05, 3.63) is 66.2 Å². The van der Waals surface area contributed by atoms with Crippen LogP contribution in [0.25, 0.3) is 20.5 Å². The number of fused-ring (bicyclic) bond motifs is 1. The lowest BCUT2D eigenvalue weighted by Gasteiger charge is -2.15. The van der Waals surface area contributed by atoms with Gasteiger partial charge in [0.1, 0.15) is 29.6 Å². The Hall–Kier alpha value is -3.22. The van der Waals surface area contributed by atoms with E-state index in [2.05, 4.69) is 4.90 Å². The standard InChI is InChI=1S/C27H27NO4S/c1-18-22(5-4-6-24(18)30)27-26(23-12-7-19(29)17-25(23)33-27)32-21-10-8-20(9-11-21)31-16-15-28-13-2-3-14-28/h4-12,17,29-30H,2-3,13-16H2,1H3. The molecule has 1 fully saturated rings. The van der Waals surface area contributed by atoms with Crippen molar-refractivity contribution < 1.29 is 19.7 Å². The van der Waals surface area contributed by atoms with Crippen LogP contribution in [-0.4, -0.2) is 41.4 Å². The monoisotopic (exact) mass is 461 g/mol. The van der Waals surface area contributed by atoms with E-state index in [1.54, 1.807) is 18.2 Å². The van der Waals surface area contributed by atoms with Crippen molar-refractivity contribution >= 4 is 21.4 Å². The van der Waals surface area contributed by atoms with Crippen LogP contribution >= 0.6 is 11.3 Å². The first-order valence-electron chi connectivity index (χ1n) is 11.3. The van der Waals surface area contributed by atoms with Gasteiger partial charge in [0.2, 0.25) is 0 Å².